The van der Waals surface area contributed by atoms with Gasteiger partial charge in [-0.2, -0.15) is 0 Å². The number of amides is 1. The average Bonchev–Trinajstić information content (AvgIpc) is 2.85. The molecule has 4 aromatic rings. The summed E-state index contributed by atoms with van der Waals surface area (Å²) < 4.78 is 15.9. The van der Waals surface area contributed by atoms with Gasteiger partial charge in [-0.15, -0.1) is 0 Å². The molecule has 0 saturated heterocycles. The molecule has 0 bridgehead atoms. The summed E-state index contributed by atoms with van der Waals surface area (Å²) in [5.41, 5.74) is 2.75. The van der Waals surface area contributed by atoms with E-state index in [0.717, 1.165) is 16.9 Å². The number of carbonyl (C=O) groups is 1. The van der Waals surface area contributed by atoms with Crippen LogP contribution in [-0.2, 0) is 0 Å². The van der Waals surface area contributed by atoms with Crippen molar-refractivity contribution in [1.29, 1.82) is 0 Å². The van der Waals surface area contributed by atoms with Crippen molar-refractivity contribution < 1.29 is 19.0 Å². The summed E-state index contributed by atoms with van der Waals surface area (Å²) in [5, 5.41) is 3.24. The predicted octanol–water partition coefficient (Wildman–Crippen LogP) is 5.86. The molecule has 0 atom stereocenters. The second kappa shape index (κ2) is 10.0. The summed E-state index contributed by atoms with van der Waals surface area (Å²) in [5.74, 6) is 1.64. The van der Waals surface area contributed by atoms with Crippen molar-refractivity contribution in [1.82, 2.24) is 9.97 Å². The summed E-state index contributed by atoms with van der Waals surface area (Å²) in [6.45, 7) is 0. The Morgan fingerprint density at radius 2 is 1.48 bits per heavy atom. The van der Waals surface area contributed by atoms with Crippen LogP contribution >= 0.6 is 11.6 Å². The Labute approximate surface area is 195 Å². The van der Waals surface area contributed by atoms with Gasteiger partial charge < -0.3 is 19.5 Å². The van der Waals surface area contributed by atoms with E-state index < -0.39 is 0 Å². The zero-order valence-electron chi connectivity index (χ0n) is 17.9. The van der Waals surface area contributed by atoms with Crippen molar-refractivity contribution in [2.45, 2.75) is 0 Å². The van der Waals surface area contributed by atoms with Crippen molar-refractivity contribution in [2.24, 2.45) is 0 Å². The van der Waals surface area contributed by atoms with E-state index in [1.807, 2.05) is 12.1 Å². The normalized spacial score (nSPS) is 10.4. The number of halogens is 1. The van der Waals surface area contributed by atoms with Crippen LogP contribution in [0.3, 0.4) is 0 Å². The average molecular weight is 462 g/mol. The van der Waals surface area contributed by atoms with Crippen LogP contribution < -0.4 is 19.5 Å². The molecule has 1 aromatic heterocycles. The maximum absolute atomic E-state index is 12.6. The maximum atomic E-state index is 12.6. The van der Waals surface area contributed by atoms with Gasteiger partial charge in [0.15, 0.2) is 0 Å². The quantitative estimate of drug-likeness (QED) is 0.371. The van der Waals surface area contributed by atoms with Gasteiger partial charge in [-0.3, -0.25) is 4.79 Å². The van der Waals surface area contributed by atoms with E-state index in [2.05, 4.69) is 15.3 Å². The lowest BCUT2D eigenvalue weighted by atomic mass is 10.1. The van der Waals surface area contributed by atoms with E-state index in [-0.39, 0.29) is 11.9 Å². The molecule has 33 heavy (non-hydrogen) atoms. The SMILES string of the molecule is COc1ccc(Oc2ncc(-c3ccc(C(=O)Nc4ccc(OC)c(Cl)c4)cc3)cn2)cc1. The Balaban J connectivity index is 1.40. The molecule has 0 unspecified atom stereocenters. The minimum Gasteiger partial charge on any atom is -0.497 e. The van der Waals surface area contributed by atoms with Crippen molar-refractivity contribution >= 4 is 23.2 Å². The topological polar surface area (TPSA) is 82.6 Å². The van der Waals surface area contributed by atoms with Gasteiger partial charge in [0.05, 0.1) is 19.2 Å². The number of benzene rings is 3. The molecule has 0 saturated carbocycles. The van der Waals surface area contributed by atoms with Gasteiger partial charge in [-0.25, -0.2) is 9.97 Å². The van der Waals surface area contributed by atoms with Crippen LogP contribution in [-0.4, -0.2) is 30.1 Å². The second-order valence-corrected chi connectivity index (χ2v) is 7.32. The molecule has 1 heterocycles. The largest absolute Gasteiger partial charge is 0.497 e. The molecule has 8 heteroatoms. The first-order valence-electron chi connectivity index (χ1n) is 9.95. The van der Waals surface area contributed by atoms with Crippen LogP contribution in [0.15, 0.2) is 79.1 Å². The van der Waals surface area contributed by atoms with E-state index in [4.69, 9.17) is 25.8 Å². The van der Waals surface area contributed by atoms with Crippen molar-refractivity contribution in [2.75, 3.05) is 19.5 Å². The molecule has 0 aliphatic carbocycles. The number of ether oxygens (including phenoxy) is 3. The van der Waals surface area contributed by atoms with E-state index >= 15 is 0 Å². The summed E-state index contributed by atoms with van der Waals surface area (Å²) >= 11 is 6.11. The Morgan fingerprint density at radius 1 is 0.818 bits per heavy atom. The summed E-state index contributed by atoms with van der Waals surface area (Å²) in [6, 6.07) is 19.6. The molecule has 1 N–H and O–H groups in total. The van der Waals surface area contributed by atoms with E-state index in [0.29, 0.717) is 27.8 Å². The smallest absolute Gasteiger partial charge is 0.321 e. The minimum atomic E-state index is -0.248. The molecular formula is C25H20ClN3O4. The predicted molar refractivity (Wildman–Crippen MR) is 126 cm³/mol. The second-order valence-electron chi connectivity index (χ2n) is 6.91. The minimum absolute atomic E-state index is 0.234. The van der Waals surface area contributed by atoms with Crippen molar-refractivity contribution in [3.8, 4) is 34.4 Å². The van der Waals surface area contributed by atoms with Crippen LogP contribution in [0.2, 0.25) is 5.02 Å². The highest BCUT2D eigenvalue weighted by Crippen LogP contribution is 2.28. The number of methoxy groups -OCH3 is 2. The van der Waals surface area contributed by atoms with Crippen LogP contribution in [0.25, 0.3) is 11.1 Å². The van der Waals surface area contributed by atoms with Gasteiger partial charge in [-0.05, 0) is 60.2 Å². The fraction of sp³-hybridized carbons (Fsp3) is 0.0800. The molecule has 0 radical (unpaired) electrons. The summed E-state index contributed by atoms with van der Waals surface area (Å²) in [6.07, 6.45) is 3.33. The number of nitrogens with zero attached hydrogens (tertiary/aromatic N) is 2. The summed E-state index contributed by atoms with van der Waals surface area (Å²) in [7, 11) is 3.14. The Bertz CT molecular complexity index is 1240. The van der Waals surface area contributed by atoms with Gasteiger partial charge >= 0.3 is 6.01 Å². The molecule has 0 aliphatic heterocycles. The third kappa shape index (κ3) is 5.39. The zero-order valence-corrected chi connectivity index (χ0v) is 18.7. The molecule has 166 valence electrons. The Morgan fingerprint density at radius 3 is 2.09 bits per heavy atom. The van der Waals surface area contributed by atoms with Crippen LogP contribution in [0.4, 0.5) is 5.69 Å². The van der Waals surface area contributed by atoms with E-state index in [1.54, 1.807) is 74.1 Å². The Hall–Kier alpha value is -4.10. The number of rotatable bonds is 7. The van der Waals surface area contributed by atoms with Gasteiger partial charge in [-0.1, -0.05) is 23.7 Å². The highest BCUT2D eigenvalue weighted by molar-refractivity contribution is 6.32. The van der Waals surface area contributed by atoms with Crippen LogP contribution in [0.1, 0.15) is 10.4 Å². The fourth-order valence-corrected chi connectivity index (χ4v) is 3.29. The Kier molecular flexibility index (Phi) is 6.71. The van der Waals surface area contributed by atoms with Gasteiger partial charge in [0.25, 0.3) is 5.91 Å². The first kappa shape index (κ1) is 22.1. The number of aromatic nitrogens is 2. The first-order chi connectivity index (χ1) is 16.1. The van der Waals surface area contributed by atoms with Gasteiger partial charge in [0.2, 0.25) is 0 Å². The molecular weight excluding hydrogens is 442 g/mol. The highest BCUT2D eigenvalue weighted by atomic mass is 35.5. The van der Waals surface area contributed by atoms with E-state index in [9.17, 15) is 4.79 Å². The number of anilines is 1. The molecule has 4 rings (SSSR count). The summed E-state index contributed by atoms with van der Waals surface area (Å²) in [4.78, 5) is 21.1. The third-order valence-electron chi connectivity index (χ3n) is 4.79. The molecule has 0 spiro atoms. The zero-order chi connectivity index (χ0) is 23.2. The molecule has 3 aromatic carbocycles. The molecule has 7 nitrogen and oxygen atoms in total. The standard InChI is InChI=1S/C25H20ClN3O4/c1-31-20-8-10-21(11-9-20)33-25-27-14-18(15-28-25)16-3-5-17(6-4-16)24(30)29-19-7-12-23(32-2)22(26)13-19/h3-15H,1-2H3,(H,29,30). The number of nitrogens with one attached hydrogen (secondary N) is 1. The van der Waals surface area contributed by atoms with Crippen molar-refractivity contribution in [3.63, 3.8) is 0 Å². The van der Waals surface area contributed by atoms with Crippen molar-refractivity contribution in [3.05, 3.63) is 89.7 Å². The number of carbonyl (C=O) groups excluding carboxylic acids is 1. The highest BCUT2D eigenvalue weighted by Gasteiger charge is 2.09. The van der Waals surface area contributed by atoms with Crippen LogP contribution in [0.5, 0.6) is 23.3 Å². The van der Waals surface area contributed by atoms with Gasteiger partial charge in [0, 0.05) is 29.2 Å². The molecule has 1 amide bonds. The maximum Gasteiger partial charge on any atom is 0.321 e. The van der Waals surface area contributed by atoms with E-state index in [1.165, 1.54) is 7.11 Å². The lowest BCUT2D eigenvalue weighted by Gasteiger charge is -2.09. The lowest BCUT2D eigenvalue weighted by molar-refractivity contribution is 0.102. The first-order valence-corrected chi connectivity index (χ1v) is 10.3. The number of hydrogen-bond donors (Lipinski definition) is 1. The number of hydrogen-bond acceptors (Lipinski definition) is 6. The molecule has 0 fully saturated rings. The van der Waals surface area contributed by atoms with Crippen LogP contribution in [0, 0.1) is 0 Å². The van der Waals surface area contributed by atoms with Gasteiger partial charge in [0.1, 0.15) is 17.2 Å². The third-order valence-corrected chi connectivity index (χ3v) is 5.08. The molecule has 0 aliphatic rings. The fourth-order valence-electron chi connectivity index (χ4n) is 3.03. The monoisotopic (exact) mass is 461 g/mol. The lowest BCUT2D eigenvalue weighted by Crippen LogP contribution is -2.11.